The fourth-order valence-electron chi connectivity index (χ4n) is 3.38. The Labute approximate surface area is 182 Å². The molecule has 2 aromatic carbocycles. The van der Waals surface area contributed by atoms with Crippen molar-refractivity contribution >= 4 is 27.5 Å². The monoisotopic (exact) mass is 445 g/mol. The summed E-state index contributed by atoms with van der Waals surface area (Å²) in [5, 5.41) is 0. The number of sulfonamides is 1. The van der Waals surface area contributed by atoms with E-state index in [0.29, 0.717) is 37.4 Å². The van der Waals surface area contributed by atoms with Gasteiger partial charge < -0.3 is 15.4 Å². The summed E-state index contributed by atoms with van der Waals surface area (Å²) in [6.45, 7) is 4.66. The van der Waals surface area contributed by atoms with Crippen molar-refractivity contribution < 1.29 is 22.7 Å². The number of likely N-dealkylation sites (tertiary alicyclic amines) is 1. The average molecular weight is 446 g/mol. The number of hydrogen-bond donors (Lipinski definition) is 2. The first-order chi connectivity index (χ1) is 14.7. The van der Waals surface area contributed by atoms with Crippen LogP contribution in [-0.2, 0) is 19.6 Å². The van der Waals surface area contributed by atoms with Gasteiger partial charge in [0, 0.05) is 24.7 Å². The quantitative estimate of drug-likeness (QED) is 0.677. The minimum atomic E-state index is -3.74. The lowest BCUT2D eigenvalue weighted by molar-refractivity contribution is -0.136. The van der Waals surface area contributed by atoms with Crippen LogP contribution in [0, 0.1) is 19.8 Å². The van der Waals surface area contributed by atoms with Crippen molar-refractivity contribution in [2.45, 2.75) is 31.6 Å². The smallest absolute Gasteiger partial charge is 0.261 e. The van der Waals surface area contributed by atoms with Gasteiger partial charge in [-0.25, -0.2) is 8.42 Å². The van der Waals surface area contributed by atoms with Crippen LogP contribution in [0.1, 0.15) is 24.0 Å². The molecule has 1 saturated heterocycles. The molecule has 2 amide bonds. The maximum atomic E-state index is 12.6. The fraction of sp³-hybridized carbons (Fsp3) is 0.364. The fourth-order valence-corrected chi connectivity index (χ4v) is 4.43. The van der Waals surface area contributed by atoms with E-state index in [4.69, 9.17) is 10.5 Å². The molecular weight excluding hydrogens is 418 g/mol. The topological polar surface area (TPSA) is 119 Å². The summed E-state index contributed by atoms with van der Waals surface area (Å²) in [5.74, 6) is -0.302. The normalized spacial score (nSPS) is 14.8. The van der Waals surface area contributed by atoms with Crippen LogP contribution in [0.3, 0.4) is 0 Å². The lowest BCUT2D eigenvalue weighted by Crippen LogP contribution is -2.43. The molecule has 1 aliphatic rings. The van der Waals surface area contributed by atoms with Gasteiger partial charge in [0.05, 0.1) is 4.90 Å². The van der Waals surface area contributed by atoms with E-state index >= 15 is 0 Å². The molecule has 31 heavy (non-hydrogen) atoms. The number of nitrogens with one attached hydrogen (secondary N) is 1. The second-order valence-electron chi connectivity index (χ2n) is 7.72. The Bertz CT molecular complexity index is 1060. The van der Waals surface area contributed by atoms with Crippen molar-refractivity contribution in [2.75, 3.05) is 24.4 Å². The summed E-state index contributed by atoms with van der Waals surface area (Å²) in [7, 11) is -3.74. The Hall–Kier alpha value is -3.07. The lowest BCUT2D eigenvalue weighted by Gasteiger charge is -2.30. The van der Waals surface area contributed by atoms with Crippen LogP contribution in [0.4, 0.5) is 5.69 Å². The summed E-state index contributed by atoms with van der Waals surface area (Å²) in [4.78, 5) is 25.3. The molecule has 0 aromatic heterocycles. The molecule has 8 nitrogen and oxygen atoms in total. The van der Waals surface area contributed by atoms with Crippen LogP contribution in [0.2, 0.25) is 0 Å². The number of amides is 2. The van der Waals surface area contributed by atoms with Crippen LogP contribution in [0.15, 0.2) is 47.4 Å². The molecule has 0 radical (unpaired) electrons. The van der Waals surface area contributed by atoms with Crippen molar-refractivity contribution in [2.24, 2.45) is 11.7 Å². The van der Waals surface area contributed by atoms with E-state index in [1.807, 2.05) is 19.9 Å². The second-order valence-corrected chi connectivity index (χ2v) is 9.40. The van der Waals surface area contributed by atoms with Gasteiger partial charge >= 0.3 is 0 Å². The standard InChI is InChI=1S/C22H27N3O5S/c1-15-3-4-18(13-16(15)2)24-31(28,29)20-7-5-19(6-8-20)30-14-21(26)25-11-9-17(10-12-25)22(23)27/h3-8,13,17,24H,9-12,14H2,1-2H3,(H2,23,27). The van der Waals surface area contributed by atoms with Crippen molar-refractivity contribution in [3.8, 4) is 5.75 Å². The largest absolute Gasteiger partial charge is 0.484 e. The number of hydrogen-bond acceptors (Lipinski definition) is 5. The molecule has 3 rings (SSSR count). The summed E-state index contributed by atoms with van der Waals surface area (Å²) in [5.41, 5.74) is 7.87. The van der Waals surface area contributed by atoms with Gasteiger partial charge in [-0.15, -0.1) is 0 Å². The summed E-state index contributed by atoms with van der Waals surface area (Å²) in [6, 6.07) is 11.3. The van der Waals surface area contributed by atoms with Crippen LogP contribution in [0.25, 0.3) is 0 Å². The number of carbonyl (C=O) groups excluding carboxylic acids is 2. The molecule has 0 saturated carbocycles. The van der Waals surface area contributed by atoms with Crippen molar-refractivity contribution in [1.29, 1.82) is 0 Å². The van der Waals surface area contributed by atoms with Crippen LogP contribution in [0.5, 0.6) is 5.75 Å². The molecule has 2 aromatic rings. The molecule has 9 heteroatoms. The Kier molecular flexibility index (Phi) is 6.84. The zero-order valence-corrected chi connectivity index (χ0v) is 18.4. The number of benzene rings is 2. The van der Waals surface area contributed by atoms with Crippen molar-refractivity contribution in [1.82, 2.24) is 4.90 Å². The van der Waals surface area contributed by atoms with E-state index in [1.54, 1.807) is 17.0 Å². The molecule has 1 heterocycles. The highest BCUT2D eigenvalue weighted by Gasteiger charge is 2.26. The molecule has 0 atom stereocenters. The zero-order chi connectivity index (χ0) is 22.6. The van der Waals surface area contributed by atoms with Gasteiger partial charge in [-0.1, -0.05) is 6.07 Å². The maximum absolute atomic E-state index is 12.6. The van der Waals surface area contributed by atoms with E-state index in [1.165, 1.54) is 24.3 Å². The first-order valence-corrected chi connectivity index (χ1v) is 11.5. The molecule has 1 fully saturated rings. The summed E-state index contributed by atoms with van der Waals surface area (Å²) < 4.78 is 33.3. The number of nitrogens with two attached hydrogens (primary N) is 1. The number of aryl methyl sites for hydroxylation is 2. The molecule has 1 aliphatic heterocycles. The predicted molar refractivity (Wildman–Crippen MR) is 117 cm³/mol. The van der Waals surface area contributed by atoms with E-state index in [0.717, 1.165) is 11.1 Å². The third kappa shape index (κ3) is 5.75. The number of piperidine rings is 1. The SMILES string of the molecule is Cc1ccc(NS(=O)(=O)c2ccc(OCC(=O)N3CCC(C(N)=O)CC3)cc2)cc1C. The Morgan fingerprint density at radius 1 is 1.06 bits per heavy atom. The molecule has 3 N–H and O–H groups in total. The Morgan fingerprint density at radius 3 is 2.29 bits per heavy atom. The second kappa shape index (κ2) is 9.38. The van der Waals surface area contributed by atoms with Gasteiger partial charge in [0.2, 0.25) is 5.91 Å². The highest BCUT2D eigenvalue weighted by atomic mass is 32.2. The number of ether oxygens (including phenoxy) is 1. The molecule has 0 aliphatic carbocycles. The number of nitrogens with zero attached hydrogens (tertiary/aromatic N) is 1. The van der Waals surface area contributed by atoms with Crippen LogP contribution >= 0.6 is 0 Å². The van der Waals surface area contributed by atoms with Gasteiger partial charge in [-0.05, 0) is 74.2 Å². The van der Waals surface area contributed by atoms with Gasteiger partial charge in [0.15, 0.2) is 6.61 Å². The summed E-state index contributed by atoms with van der Waals surface area (Å²) >= 11 is 0. The first kappa shape index (κ1) is 22.6. The van der Waals surface area contributed by atoms with E-state index in [-0.39, 0.29) is 29.2 Å². The van der Waals surface area contributed by atoms with Crippen LogP contribution in [-0.4, -0.2) is 44.8 Å². The Morgan fingerprint density at radius 2 is 1.71 bits per heavy atom. The molecular formula is C22H27N3O5S. The predicted octanol–water partition coefficient (Wildman–Crippen LogP) is 2.21. The van der Waals surface area contributed by atoms with E-state index < -0.39 is 10.0 Å². The van der Waals surface area contributed by atoms with Gasteiger partial charge in [-0.2, -0.15) is 0 Å². The van der Waals surface area contributed by atoms with Crippen molar-refractivity contribution in [3.05, 3.63) is 53.6 Å². The number of anilines is 1. The van der Waals surface area contributed by atoms with E-state index in [9.17, 15) is 18.0 Å². The number of carbonyl (C=O) groups is 2. The van der Waals surface area contributed by atoms with Gasteiger partial charge in [-0.3, -0.25) is 14.3 Å². The molecule has 0 bridgehead atoms. The number of rotatable bonds is 7. The zero-order valence-electron chi connectivity index (χ0n) is 17.6. The maximum Gasteiger partial charge on any atom is 0.261 e. The van der Waals surface area contributed by atoms with Gasteiger partial charge in [0.25, 0.3) is 15.9 Å². The van der Waals surface area contributed by atoms with Crippen LogP contribution < -0.4 is 15.2 Å². The Balaban J connectivity index is 1.55. The summed E-state index contributed by atoms with van der Waals surface area (Å²) in [6.07, 6.45) is 1.11. The molecule has 166 valence electrons. The average Bonchev–Trinajstić information content (AvgIpc) is 2.75. The van der Waals surface area contributed by atoms with Gasteiger partial charge in [0.1, 0.15) is 5.75 Å². The third-order valence-corrected chi connectivity index (χ3v) is 6.90. The van der Waals surface area contributed by atoms with E-state index in [2.05, 4.69) is 4.72 Å². The minimum Gasteiger partial charge on any atom is -0.484 e. The highest BCUT2D eigenvalue weighted by molar-refractivity contribution is 7.92. The molecule has 0 spiro atoms. The minimum absolute atomic E-state index is 0.0953. The number of primary amides is 1. The highest BCUT2D eigenvalue weighted by Crippen LogP contribution is 2.22. The van der Waals surface area contributed by atoms with Crippen molar-refractivity contribution in [3.63, 3.8) is 0 Å². The first-order valence-electron chi connectivity index (χ1n) is 10.1. The lowest BCUT2D eigenvalue weighted by atomic mass is 9.96. The molecule has 0 unspecified atom stereocenters. The third-order valence-electron chi connectivity index (χ3n) is 5.51.